The van der Waals surface area contributed by atoms with Gasteiger partial charge in [-0.25, -0.2) is 4.99 Å². The molecule has 1 saturated heterocycles. The number of nitro benzene ring substituents is 1. The van der Waals surface area contributed by atoms with Gasteiger partial charge in [0.25, 0.3) is 5.69 Å². The Morgan fingerprint density at radius 1 is 0.875 bits per heavy atom. The molecule has 7 nitrogen and oxygen atoms in total. The van der Waals surface area contributed by atoms with Crippen molar-refractivity contribution in [1.29, 1.82) is 0 Å². The van der Waals surface area contributed by atoms with Crippen LogP contribution in [0.15, 0.2) is 95.8 Å². The van der Waals surface area contributed by atoms with E-state index in [-0.39, 0.29) is 17.8 Å². The Morgan fingerprint density at radius 3 is 2.19 bits per heavy atom. The zero-order valence-electron chi connectivity index (χ0n) is 17.2. The van der Waals surface area contributed by atoms with Gasteiger partial charge in [0.2, 0.25) is 11.8 Å². The number of hydrogen-bond acceptors (Lipinski definition) is 6. The molecule has 0 saturated carbocycles. The van der Waals surface area contributed by atoms with Crippen molar-refractivity contribution in [2.75, 3.05) is 13.2 Å². The predicted molar refractivity (Wildman–Crippen MR) is 121 cm³/mol. The van der Waals surface area contributed by atoms with Crippen molar-refractivity contribution in [1.82, 2.24) is 5.32 Å². The Labute approximate surface area is 185 Å². The number of rotatable bonds is 5. The Balaban J connectivity index is 1.53. The highest BCUT2D eigenvalue weighted by molar-refractivity contribution is 6.20. The molecule has 7 heteroatoms. The standard InChI is InChI=1S/C25H21N3O4/c29-28(30)20-13-11-19(12-14-20)23(24-26-21(15-31-24)17-7-3-1-4-8-17)25-27-22(16-32-25)18-9-5-2-6-10-18/h1-14,21-22,26H,15-16H2/b24-23-/t21-,22-/m1/s1. The van der Waals surface area contributed by atoms with Gasteiger partial charge >= 0.3 is 0 Å². The lowest BCUT2D eigenvalue weighted by Crippen LogP contribution is -2.17. The third-order valence-electron chi connectivity index (χ3n) is 5.54. The monoisotopic (exact) mass is 427 g/mol. The van der Waals surface area contributed by atoms with E-state index in [0.717, 1.165) is 16.7 Å². The van der Waals surface area contributed by atoms with Gasteiger partial charge in [-0.05, 0) is 28.8 Å². The molecule has 0 aromatic heterocycles. The van der Waals surface area contributed by atoms with E-state index >= 15 is 0 Å². The molecule has 2 heterocycles. The lowest BCUT2D eigenvalue weighted by molar-refractivity contribution is -0.384. The van der Waals surface area contributed by atoms with Crippen LogP contribution in [0.3, 0.4) is 0 Å². The maximum absolute atomic E-state index is 11.1. The normalized spacial score (nSPS) is 21.2. The second-order valence-corrected chi connectivity index (χ2v) is 7.60. The van der Waals surface area contributed by atoms with Crippen LogP contribution in [0, 0.1) is 10.1 Å². The summed E-state index contributed by atoms with van der Waals surface area (Å²) in [5.41, 5.74) is 3.60. The molecular weight excluding hydrogens is 406 g/mol. The summed E-state index contributed by atoms with van der Waals surface area (Å²) in [6, 6.07) is 26.2. The maximum atomic E-state index is 11.1. The Bertz CT molecular complexity index is 1170. The second-order valence-electron chi connectivity index (χ2n) is 7.60. The number of nitrogens with zero attached hydrogens (tertiary/aromatic N) is 2. The summed E-state index contributed by atoms with van der Waals surface area (Å²) in [5.74, 6) is 1.02. The molecule has 5 rings (SSSR count). The van der Waals surface area contributed by atoms with Gasteiger partial charge in [-0.2, -0.15) is 0 Å². The molecule has 1 fully saturated rings. The third kappa shape index (κ3) is 3.92. The first-order valence-corrected chi connectivity index (χ1v) is 10.4. The topological polar surface area (TPSA) is 86.0 Å². The number of ether oxygens (including phenoxy) is 2. The van der Waals surface area contributed by atoms with Gasteiger partial charge in [-0.1, -0.05) is 60.7 Å². The Hall–Kier alpha value is -4.13. The zero-order valence-corrected chi connectivity index (χ0v) is 17.2. The largest absolute Gasteiger partial charge is 0.476 e. The van der Waals surface area contributed by atoms with E-state index in [4.69, 9.17) is 14.5 Å². The van der Waals surface area contributed by atoms with E-state index in [1.54, 1.807) is 12.1 Å². The van der Waals surface area contributed by atoms with E-state index in [1.807, 2.05) is 60.7 Å². The molecule has 2 aliphatic rings. The van der Waals surface area contributed by atoms with E-state index in [1.165, 1.54) is 12.1 Å². The zero-order chi connectivity index (χ0) is 21.9. The van der Waals surface area contributed by atoms with Crippen LogP contribution in [-0.4, -0.2) is 24.0 Å². The summed E-state index contributed by atoms with van der Waals surface area (Å²) in [5, 5.41) is 14.5. The van der Waals surface area contributed by atoms with Crippen LogP contribution in [0.2, 0.25) is 0 Å². The quantitative estimate of drug-likeness (QED) is 0.467. The fourth-order valence-corrected chi connectivity index (χ4v) is 3.88. The van der Waals surface area contributed by atoms with E-state index in [9.17, 15) is 10.1 Å². The number of hydrogen-bond donors (Lipinski definition) is 1. The van der Waals surface area contributed by atoms with Crippen LogP contribution in [0.5, 0.6) is 0 Å². The predicted octanol–water partition coefficient (Wildman–Crippen LogP) is 4.79. The molecule has 32 heavy (non-hydrogen) atoms. The van der Waals surface area contributed by atoms with Gasteiger partial charge in [-0.3, -0.25) is 10.1 Å². The van der Waals surface area contributed by atoms with Crippen LogP contribution in [0.25, 0.3) is 5.57 Å². The van der Waals surface area contributed by atoms with Crippen molar-refractivity contribution in [3.63, 3.8) is 0 Å². The highest BCUT2D eigenvalue weighted by atomic mass is 16.6. The molecule has 0 unspecified atom stereocenters. The molecule has 0 amide bonds. The van der Waals surface area contributed by atoms with Gasteiger partial charge in [0.1, 0.15) is 24.8 Å². The molecule has 1 N–H and O–H groups in total. The lowest BCUT2D eigenvalue weighted by atomic mass is 10.0. The molecule has 160 valence electrons. The average molecular weight is 427 g/mol. The van der Waals surface area contributed by atoms with E-state index < -0.39 is 4.92 Å². The summed E-state index contributed by atoms with van der Waals surface area (Å²) < 4.78 is 12.0. The van der Waals surface area contributed by atoms with Crippen molar-refractivity contribution in [2.24, 2.45) is 4.99 Å². The second kappa shape index (κ2) is 8.55. The van der Waals surface area contributed by atoms with Crippen molar-refractivity contribution in [3.8, 4) is 0 Å². The molecule has 0 spiro atoms. The summed E-state index contributed by atoms with van der Waals surface area (Å²) in [7, 11) is 0. The van der Waals surface area contributed by atoms with Crippen molar-refractivity contribution >= 4 is 17.2 Å². The number of nitro groups is 1. The highest BCUT2D eigenvalue weighted by Gasteiger charge is 2.31. The maximum Gasteiger partial charge on any atom is 0.269 e. The minimum atomic E-state index is -0.415. The summed E-state index contributed by atoms with van der Waals surface area (Å²) in [6.07, 6.45) is 0. The summed E-state index contributed by atoms with van der Waals surface area (Å²) in [6.45, 7) is 0.885. The minimum Gasteiger partial charge on any atom is -0.476 e. The molecule has 0 radical (unpaired) electrons. The van der Waals surface area contributed by atoms with E-state index in [2.05, 4.69) is 5.32 Å². The lowest BCUT2D eigenvalue weighted by Gasteiger charge is -2.12. The molecule has 0 aliphatic carbocycles. The van der Waals surface area contributed by atoms with Gasteiger partial charge in [0.15, 0.2) is 0 Å². The van der Waals surface area contributed by atoms with Gasteiger partial charge < -0.3 is 14.8 Å². The summed E-state index contributed by atoms with van der Waals surface area (Å²) >= 11 is 0. The first-order chi connectivity index (χ1) is 15.7. The molecule has 2 aliphatic heterocycles. The van der Waals surface area contributed by atoms with Crippen molar-refractivity contribution in [3.05, 3.63) is 118 Å². The fourth-order valence-electron chi connectivity index (χ4n) is 3.88. The first-order valence-electron chi connectivity index (χ1n) is 10.4. The number of nitrogens with one attached hydrogen (secondary N) is 1. The van der Waals surface area contributed by atoms with Crippen LogP contribution >= 0.6 is 0 Å². The van der Waals surface area contributed by atoms with Crippen LogP contribution in [0.4, 0.5) is 5.69 Å². The van der Waals surface area contributed by atoms with Crippen LogP contribution in [-0.2, 0) is 9.47 Å². The van der Waals surface area contributed by atoms with Crippen LogP contribution in [0.1, 0.15) is 28.8 Å². The first kappa shape index (κ1) is 19.8. The third-order valence-corrected chi connectivity index (χ3v) is 5.54. The Kier molecular flexibility index (Phi) is 5.29. The number of non-ortho nitro benzene ring substituents is 1. The van der Waals surface area contributed by atoms with Gasteiger partial charge in [0, 0.05) is 12.1 Å². The van der Waals surface area contributed by atoms with Crippen molar-refractivity contribution in [2.45, 2.75) is 12.1 Å². The van der Waals surface area contributed by atoms with Gasteiger partial charge in [0.05, 0.1) is 11.0 Å². The molecular formula is C25H21N3O4. The average Bonchev–Trinajstić information content (AvgIpc) is 3.52. The molecule has 3 aromatic carbocycles. The summed E-state index contributed by atoms with van der Waals surface area (Å²) in [4.78, 5) is 15.5. The number of aliphatic imine (C=N–C) groups is 1. The molecule has 0 bridgehead atoms. The molecule has 2 atom stereocenters. The molecule has 3 aromatic rings. The Morgan fingerprint density at radius 2 is 1.53 bits per heavy atom. The van der Waals surface area contributed by atoms with E-state index in [0.29, 0.717) is 30.6 Å². The van der Waals surface area contributed by atoms with Gasteiger partial charge in [-0.15, -0.1) is 0 Å². The van der Waals surface area contributed by atoms with Crippen molar-refractivity contribution < 1.29 is 14.4 Å². The highest BCUT2D eigenvalue weighted by Crippen LogP contribution is 2.33. The smallest absolute Gasteiger partial charge is 0.269 e. The number of benzene rings is 3. The SMILES string of the molecule is O=[N+]([O-])c1ccc(/C(C2=N[C@@H](c3ccccc3)CO2)=C2\N[C@@H](c3ccccc3)CO2)cc1. The fraction of sp³-hybridized carbons (Fsp3) is 0.160. The van der Waals surface area contributed by atoms with Crippen LogP contribution < -0.4 is 5.32 Å². The minimum absolute atomic E-state index is 0.00817.